The predicted octanol–water partition coefficient (Wildman–Crippen LogP) is 2.23. The lowest BCUT2D eigenvalue weighted by atomic mass is 10.1. The van der Waals surface area contributed by atoms with Gasteiger partial charge in [-0.3, -0.25) is 0 Å². The van der Waals surface area contributed by atoms with E-state index >= 15 is 0 Å². The third-order valence-corrected chi connectivity index (χ3v) is 5.93. The molecule has 0 saturated heterocycles. The Morgan fingerprint density at radius 1 is 1.19 bits per heavy atom. The molecule has 0 unspecified atom stereocenters. The summed E-state index contributed by atoms with van der Waals surface area (Å²) in [5.74, 6) is 0.259. The normalized spacial score (nSPS) is 17.3. The summed E-state index contributed by atoms with van der Waals surface area (Å²) >= 11 is 0. The number of hydrogen-bond acceptors (Lipinski definition) is 3. The molecule has 112 valence electrons. The standard InChI is InChI=1S/C16H19NO3S/c1-17(11-15(18)13-9-10-13)21(19,20)16-8-4-6-12-5-2-3-7-14(12)16/h2-8,13,15,18H,9-11H2,1H3/t15-/m0/s1. The van der Waals surface area contributed by atoms with Crippen LogP contribution in [0.15, 0.2) is 47.4 Å². The van der Waals surface area contributed by atoms with Gasteiger partial charge in [-0.15, -0.1) is 0 Å². The van der Waals surface area contributed by atoms with Crippen LogP contribution in [0.1, 0.15) is 12.8 Å². The van der Waals surface area contributed by atoms with Gasteiger partial charge in [-0.25, -0.2) is 8.42 Å². The fourth-order valence-corrected chi connectivity index (χ4v) is 3.98. The highest BCUT2D eigenvalue weighted by atomic mass is 32.2. The van der Waals surface area contributed by atoms with Gasteiger partial charge in [-0.2, -0.15) is 4.31 Å². The molecule has 3 rings (SSSR count). The Morgan fingerprint density at radius 3 is 2.57 bits per heavy atom. The topological polar surface area (TPSA) is 57.6 Å². The second-order valence-corrected chi connectivity index (χ2v) is 7.68. The number of hydrogen-bond donors (Lipinski definition) is 1. The third-order valence-electron chi connectivity index (χ3n) is 4.05. The molecule has 0 radical (unpaired) electrons. The molecule has 1 saturated carbocycles. The zero-order chi connectivity index (χ0) is 15.0. The van der Waals surface area contributed by atoms with E-state index in [-0.39, 0.29) is 12.5 Å². The van der Waals surface area contributed by atoms with Crippen molar-refractivity contribution in [1.29, 1.82) is 0 Å². The highest BCUT2D eigenvalue weighted by Crippen LogP contribution is 2.33. The van der Waals surface area contributed by atoms with E-state index in [1.165, 1.54) is 11.4 Å². The smallest absolute Gasteiger partial charge is 0.243 e. The van der Waals surface area contributed by atoms with Crippen LogP contribution in [0.5, 0.6) is 0 Å². The van der Waals surface area contributed by atoms with Gasteiger partial charge in [0.2, 0.25) is 10.0 Å². The van der Waals surface area contributed by atoms with E-state index in [0.29, 0.717) is 10.3 Å². The van der Waals surface area contributed by atoms with Crippen molar-refractivity contribution in [2.45, 2.75) is 23.8 Å². The number of sulfonamides is 1. The van der Waals surface area contributed by atoms with Crippen molar-refractivity contribution < 1.29 is 13.5 Å². The van der Waals surface area contributed by atoms with E-state index in [1.807, 2.05) is 30.3 Å². The van der Waals surface area contributed by atoms with Gasteiger partial charge in [0, 0.05) is 19.0 Å². The quantitative estimate of drug-likeness (QED) is 0.921. The van der Waals surface area contributed by atoms with Crippen molar-refractivity contribution in [2.75, 3.05) is 13.6 Å². The molecule has 0 aliphatic heterocycles. The summed E-state index contributed by atoms with van der Waals surface area (Å²) in [6.07, 6.45) is 1.41. The Bertz CT molecular complexity index is 748. The van der Waals surface area contributed by atoms with Crippen LogP contribution in [0.3, 0.4) is 0 Å². The molecule has 1 N–H and O–H groups in total. The molecule has 1 fully saturated rings. The van der Waals surface area contributed by atoms with Crippen LogP contribution in [0.4, 0.5) is 0 Å². The summed E-state index contributed by atoms with van der Waals surface area (Å²) < 4.78 is 26.7. The highest BCUT2D eigenvalue weighted by Gasteiger charge is 2.33. The van der Waals surface area contributed by atoms with Crippen molar-refractivity contribution in [3.05, 3.63) is 42.5 Å². The first-order valence-electron chi connectivity index (χ1n) is 7.12. The minimum atomic E-state index is -3.59. The lowest BCUT2D eigenvalue weighted by Crippen LogP contribution is -2.35. The lowest BCUT2D eigenvalue weighted by Gasteiger charge is -2.21. The molecule has 0 amide bonds. The molecule has 0 aromatic heterocycles. The molecule has 2 aromatic rings. The Balaban J connectivity index is 1.95. The number of fused-ring (bicyclic) bond motifs is 1. The van der Waals surface area contributed by atoms with Gasteiger partial charge < -0.3 is 5.11 Å². The molecule has 1 atom stereocenters. The third kappa shape index (κ3) is 2.81. The average Bonchev–Trinajstić information content (AvgIpc) is 3.31. The molecule has 21 heavy (non-hydrogen) atoms. The van der Waals surface area contributed by atoms with Gasteiger partial charge in [0.15, 0.2) is 0 Å². The molecule has 1 aliphatic rings. The number of aliphatic hydroxyl groups is 1. The Kier molecular flexibility index (Phi) is 3.73. The number of likely N-dealkylation sites (N-methyl/N-ethyl adjacent to an activating group) is 1. The number of nitrogens with zero attached hydrogens (tertiary/aromatic N) is 1. The minimum Gasteiger partial charge on any atom is -0.391 e. The van der Waals surface area contributed by atoms with Gasteiger partial charge >= 0.3 is 0 Å². The van der Waals surface area contributed by atoms with Crippen LogP contribution < -0.4 is 0 Å². The summed E-state index contributed by atoms with van der Waals surface area (Å²) in [4.78, 5) is 0.297. The van der Waals surface area contributed by atoms with Crippen molar-refractivity contribution >= 4 is 20.8 Å². The van der Waals surface area contributed by atoms with Crippen LogP contribution in [-0.4, -0.2) is 37.5 Å². The maximum Gasteiger partial charge on any atom is 0.243 e. The summed E-state index contributed by atoms with van der Waals surface area (Å²) in [6, 6.07) is 12.7. The second kappa shape index (κ2) is 5.40. The molecule has 4 nitrogen and oxygen atoms in total. The van der Waals surface area contributed by atoms with Gasteiger partial charge in [-0.1, -0.05) is 36.4 Å². The number of aliphatic hydroxyl groups excluding tert-OH is 1. The van der Waals surface area contributed by atoms with Gasteiger partial charge in [0.05, 0.1) is 11.0 Å². The molecule has 0 spiro atoms. The molecule has 2 aromatic carbocycles. The van der Waals surface area contributed by atoms with Gasteiger partial charge in [0.25, 0.3) is 0 Å². The van der Waals surface area contributed by atoms with Crippen molar-refractivity contribution in [1.82, 2.24) is 4.31 Å². The van der Waals surface area contributed by atoms with E-state index in [1.54, 1.807) is 12.1 Å². The Labute approximate surface area is 125 Å². The van der Waals surface area contributed by atoms with Crippen molar-refractivity contribution in [3.8, 4) is 0 Å². The van der Waals surface area contributed by atoms with E-state index in [9.17, 15) is 13.5 Å². The first-order valence-corrected chi connectivity index (χ1v) is 8.56. The largest absolute Gasteiger partial charge is 0.391 e. The summed E-state index contributed by atoms with van der Waals surface area (Å²) in [7, 11) is -2.06. The molecule has 0 heterocycles. The van der Waals surface area contributed by atoms with Gasteiger partial charge in [-0.05, 0) is 30.2 Å². The van der Waals surface area contributed by atoms with Crippen molar-refractivity contribution in [3.63, 3.8) is 0 Å². The minimum absolute atomic E-state index is 0.149. The average molecular weight is 305 g/mol. The Morgan fingerprint density at radius 2 is 1.86 bits per heavy atom. The van der Waals surface area contributed by atoms with E-state index in [2.05, 4.69) is 0 Å². The molecule has 0 bridgehead atoms. The Hall–Kier alpha value is -1.43. The van der Waals surface area contributed by atoms with E-state index in [4.69, 9.17) is 0 Å². The maximum absolute atomic E-state index is 12.7. The summed E-state index contributed by atoms with van der Waals surface area (Å²) in [6.45, 7) is 0.149. The fourth-order valence-electron chi connectivity index (χ4n) is 2.58. The lowest BCUT2D eigenvalue weighted by molar-refractivity contribution is 0.131. The first-order chi connectivity index (χ1) is 10.00. The first kappa shape index (κ1) is 14.5. The van der Waals surface area contributed by atoms with E-state index < -0.39 is 16.1 Å². The number of benzene rings is 2. The molecule has 1 aliphatic carbocycles. The fraction of sp³-hybridized carbons (Fsp3) is 0.375. The van der Waals surface area contributed by atoms with E-state index in [0.717, 1.165) is 18.2 Å². The maximum atomic E-state index is 12.7. The SMILES string of the molecule is CN(C[C@H](O)C1CC1)S(=O)(=O)c1cccc2ccccc12. The molecular weight excluding hydrogens is 286 g/mol. The zero-order valence-corrected chi connectivity index (χ0v) is 12.8. The molecule has 5 heteroatoms. The molecular formula is C16H19NO3S. The second-order valence-electron chi connectivity index (χ2n) is 5.67. The van der Waals surface area contributed by atoms with Crippen LogP contribution in [0, 0.1) is 5.92 Å². The number of rotatable bonds is 5. The monoisotopic (exact) mass is 305 g/mol. The van der Waals surface area contributed by atoms with Gasteiger partial charge in [0.1, 0.15) is 0 Å². The van der Waals surface area contributed by atoms with Crippen LogP contribution >= 0.6 is 0 Å². The zero-order valence-electron chi connectivity index (χ0n) is 11.9. The summed E-state index contributed by atoms with van der Waals surface area (Å²) in [5.41, 5.74) is 0. The predicted molar refractivity (Wildman–Crippen MR) is 82.5 cm³/mol. The van der Waals surface area contributed by atoms with Crippen LogP contribution in [-0.2, 0) is 10.0 Å². The van der Waals surface area contributed by atoms with Crippen molar-refractivity contribution in [2.24, 2.45) is 5.92 Å². The highest BCUT2D eigenvalue weighted by molar-refractivity contribution is 7.89. The summed E-state index contributed by atoms with van der Waals surface area (Å²) in [5, 5.41) is 11.6. The van der Waals surface area contributed by atoms with Crippen LogP contribution in [0.25, 0.3) is 10.8 Å². The van der Waals surface area contributed by atoms with Crippen LogP contribution in [0.2, 0.25) is 0 Å².